The highest BCUT2D eigenvalue weighted by molar-refractivity contribution is 8.00. The molecule has 200 valence electrons. The first-order valence-electron chi connectivity index (χ1n) is 11.0. The molecule has 0 bridgehead atoms. The minimum absolute atomic E-state index is 0.0317. The van der Waals surface area contributed by atoms with Crippen molar-refractivity contribution in [2.45, 2.75) is 31.9 Å². The molecule has 1 fully saturated rings. The predicted octanol–water partition coefficient (Wildman–Crippen LogP) is 2.62. The Hall–Kier alpha value is -4.59. The normalized spacial score (nSPS) is 17.7. The number of esters is 1. The Bertz CT molecular complexity index is 1260. The fourth-order valence-corrected chi connectivity index (χ4v) is 4.73. The van der Waals surface area contributed by atoms with Crippen LogP contribution in [0.15, 0.2) is 66.1 Å². The number of fused-ring (bicyclic) bond motifs is 1. The number of thioether (sulfide) groups is 1. The zero-order chi connectivity index (χ0) is 28.0. The van der Waals surface area contributed by atoms with Crippen molar-refractivity contribution in [1.29, 1.82) is 0 Å². The Morgan fingerprint density at radius 3 is 2.29 bits per heavy atom. The van der Waals surface area contributed by atoms with Crippen molar-refractivity contribution in [3.63, 3.8) is 0 Å². The maximum absolute atomic E-state index is 13.0. The number of aliphatic carboxylic acids is 1. The minimum Gasteiger partial charge on any atom is -0.509 e. The van der Waals surface area contributed by atoms with Crippen molar-refractivity contribution in [3.8, 4) is 5.75 Å². The van der Waals surface area contributed by atoms with E-state index in [0.29, 0.717) is 11.3 Å². The van der Waals surface area contributed by atoms with Crippen LogP contribution in [0.2, 0.25) is 0 Å². The van der Waals surface area contributed by atoms with Crippen LogP contribution in [0.1, 0.15) is 19.4 Å². The summed E-state index contributed by atoms with van der Waals surface area (Å²) in [5.74, 6) is -2.78. The van der Waals surface area contributed by atoms with Gasteiger partial charge in [0, 0.05) is 26.0 Å². The number of hydroxylamine groups is 2. The molecule has 2 aliphatic heterocycles. The molecule has 38 heavy (non-hydrogen) atoms. The lowest BCUT2D eigenvalue weighted by Gasteiger charge is -2.51. The number of carbonyl (C=O) groups is 4. The molecule has 0 spiro atoms. The molecule has 0 saturated carbocycles. The van der Waals surface area contributed by atoms with Gasteiger partial charge in [0.25, 0.3) is 23.5 Å². The zero-order valence-electron chi connectivity index (χ0n) is 20.2. The van der Waals surface area contributed by atoms with Crippen LogP contribution in [-0.2, 0) is 30.5 Å². The second kappa shape index (κ2) is 12.1. The van der Waals surface area contributed by atoms with Gasteiger partial charge >= 0.3 is 5.97 Å². The second-order valence-corrected chi connectivity index (χ2v) is 9.02. The van der Waals surface area contributed by atoms with Crippen molar-refractivity contribution in [2.24, 2.45) is 0 Å². The molecule has 13 nitrogen and oxygen atoms in total. The predicted molar refractivity (Wildman–Crippen MR) is 132 cm³/mol. The maximum Gasteiger partial charge on any atom is 0.358 e. The summed E-state index contributed by atoms with van der Waals surface area (Å²) < 4.78 is 5.24. The van der Waals surface area contributed by atoms with Crippen molar-refractivity contribution in [2.75, 3.05) is 5.75 Å². The molecule has 2 amide bonds. The standard InChI is InChI=1S/C22H19N3O8S.C2H4O2/c1-13(26)24(33-16-5-3-2-4-6-16)19-20(28)23-18(17(27)12-34-21(19)23)22(29)32-11-14-7-9-15(10-8-14)25(30)31;1-2(3)4/h2-10,19,21,27H,11-12H2,1H3;1H3,(H,3,4)/t19?,21-;/m0./s1. The number of rotatable bonds is 7. The summed E-state index contributed by atoms with van der Waals surface area (Å²) in [5.41, 5.74) is 0.0928. The molecule has 0 aromatic heterocycles. The molecule has 2 atom stereocenters. The molecule has 2 N–H and O–H groups in total. The molecule has 0 radical (unpaired) electrons. The molecule has 2 aliphatic rings. The number of amides is 2. The SMILES string of the molecule is CC(=O)N(Oc1ccccc1)C1C(=O)N2C(C(=O)OCc3ccc([N+](=O)[O-])cc3)=C(O)CS[C@@H]12.CC(=O)O. The van der Waals surface area contributed by atoms with Gasteiger partial charge in [-0.25, -0.2) is 4.79 Å². The van der Waals surface area contributed by atoms with Gasteiger partial charge in [0.2, 0.25) is 0 Å². The Labute approximate surface area is 220 Å². The van der Waals surface area contributed by atoms with Gasteiger partial charge in [-0.1, -0.05) is 18.2 Å². The third kappa shape index (κ3) is 6.39. The number of nitrogens with zero attached hydrogens (tertiary/aromatic N) is 3. The fraction of sp³-hybridized carbons (Fsp3) is 0.250. The van der Waals surface area contributed by atoms with Crippen LogP contribution in [-0.4, -0.2) is 66.0 Å². The number of carboxylic acids is 1. The van der Waals surface area contributed by atoms with Crippen LogP contribution in [0.4, 0.5) is 5.69 Å². The Kier molecular flexibility index (Phi) is 8.91. The summed E-state index contributed by atoms with van der Waals surface area (Å²) >= 11 is 1.18. The summed E-state index contributed by atoms with van der Waals surface area (Å²) in [6, 6.07) is 12.9. The number of β-lactam (4-membered cyclic amide) rings is 1. The highest BCUT2D eigenvalue weighted by atomic mass is 32.2. The first-order valence-corrected chi connectivity index (χ1v) is 12.1. The summed E-state index contributed by atoms with van der Waals surface area (Å²) in [5, 5.41) is 28.8. The molecule has 2 heterocycles. The van der Waals surface area contributed by atoms with Crippen molar-refractivity contribution >= 4 is 41.2 Å². The van der Waals surface area contributed by atoms with E-state index in [1.54, 1.807) is 30.3 Å². The number of hydrogen-bond acceptors (Lipinski definition) is 10. The largest absolute Gasteiger partial charge is 0.509 e. The van der Waals surface area contributed by atoms with Crippen LogP contribution in [0, 0.1) is 10.1 Å². The molecular formula is C24H23N3O10S. The number of nitro benzene ring substituents is 1. The molecule has 4 rings (SSSR count). The van der Waals surface area contributed by atoms with E-state index in [0.717, 1.165) is 16.9 Å². The minimum atomic E-state index is -0.992. The molecule has 1 unspecified atom stereocenters. The van der Waals surface area contributed by atoms with E-state index < -0.39 is 40.1 Å². The molecule has 0 aliphatic carbocycles. The maximum atomic E-state index is 13.0. The lowest BCUT2D eigenvalue weighted by molar-refractivity contribution is -0.384. The fourth-order valence-electron chi connectivity index (χ4n) is 3.50. The second-order valence-electron chi connectivity index (χ2n) is 7.92. The number of ether oxygens (including phenoxy) is 1. The number of nitro groups is 1. The van der Waals surface area contributed by atoms with E-state index in [4.69, 9.17) is 19.5 Å². The van der Waals surface area contributed by atoms with Gasteiger partial charge in [-0.2, -0.15) is 5.06 Å². The number of hydrogen-bond donors (Lipinski definition) is 2. The molecule has 2 aromatic carbocycles. The number of aliphatic hydroxyl groups excluding tert-OH is 1. The number of carboxylic acid groups (broad SMARTS) is 1. The lowest BCUT2D eigenvalue weighted by atomic mass is 10.0. The van der Waals surface area contributed by atoms with Gasteiger partial charge in [0.1, 0.15) is 17.7 Å². The van der Waals surface area contributed by atoms with Crippen molar-refractivity contribution in [1.82, 2.24) is 9.96 Å². The van der Waals surface area contributed by atoms with E-state index in [-0.39, 0.29) is 29.5 Å². The molecule has 1 saturated heterocycles. The van der Waals surface area contributed by atoms with Gasteiger partial charge in [0.05, 0.1) is 10.7 Å². The van der Waals surface area contributed by atoms with Gasteiger partial charge in [-0.05, 0) is 29.8 Å². The highest BCUT2D eigenvalue weighted by Crippen LogP contribution is 2.42. The first kappa shape index (κ1) is 28.0. The Morgan fingerprint density at radius 2 is 1.74 bits per heavy atom. The third-order valence-electron chi connectivity index (χ3n) is 5.14. The molecule has 14 heteroatoms. The lowest BCUT2D eigenvalue weighted by Crippen LogP contribution is -2.71. The smallest absolute Gasteiger partial charge is 0.358 e. The first-order chi connectivity index (χ1) is 18.0. The summed E-state index contributed by atoms with van der Waals surface area (Å²) in [4.78, 5) is 63.9. The van der Waals surface area contributed by atoms with Crippen molar-refractivity contribution < 1.29 is 43.9 Å². The Morgan fingerprint density at radius 1 is 1.13 bits per heavy atom. The van der Waals surface area contributed by atoms with E-state index in [2.05, 4.69) is 0 Å². The quantitative estimate of drug-likeness (QED) is 0.226. The Balaban J connectivity index is 0.000000934. The van der Waals surface area contributed by atoms with E-state index in [9.17, 15) is 29.6 Å². The summed E-state index contributed by atoms with van der Waals surface area (Å²) in [6.45, 7) is 2.13. The van der Waals surface area contributed by atoms with Crippen molar-refractivity contribution in [3.05, 3.63) is 81.7 Å². The number of aliphatic hydroxyl groups is 1. The third-order valence-corrected chi connectivity index (χ3v) is 6.39. The van der Waals surface area contributed by atoms with Crippen LogP contribution >= 0.6 is 11.8 Å². The summed E-state index contributed by atoms with van der Waals surface area (Å²) in [6.07, 6.45) is 0. The molecular weight excluding hydrogens is 522 g/mol. The van der Waals surface area contributed by atoms with Gasteiger partial charge in [-0.3, -0.25) is 29.4 Å². The van der Waals surface area contributed by atoms with Gasteiger partial charge in [0.15, 0.2) is 17.5 Å². The van der Waals surface area contributed by atoms with Crippen LogP contribution in [0.25, 0.3) is 0 Å². The van der Waals surface area contributed by atoms with E-state index >= 15 is 0 Å². The monoisotopic (exact) mass is 545 g/mol. The highest BCUT2D eigenvalue weighted by Gasteiger charge is 2.58. The number of para-hydroxylation sites is 1. The van der Waals surface area contributed by atoms with Gasteiger partial charge in [-0.15, -0.1) is 11.8 Å². The van der Waals surface area contributed by atoms with Crippen LogP contribution in [0.3, 0.4) is 0 Å². The topological polar surface area (TPSA) is 177 Å². The number of non-ortho nitro benzene ring substituents is 1. The van der Waals surface area contributed by atoms with Gasteiger partial charge < -0.3 is 19.8 Å². The van der Waals surface area contributed by atoms with E-state index in [1.165, 1.54) is 43.0 Å². The zero-order valence-corrected chi connectivity index (χ0v) is 21.0. The number of carbonyl (C=O) groups excluding carboxylic acids is 3. The number of benzene rings is 2. The van der Waals surface area contributed by atoms with Crippen LogP contribution in [0.5, 0.6) is 5.75 Å². The summed E-state index contributed by atoms with van der Waals surface area (Å²) in [7, 11) is 0. The van der Waals surface area contributed by atoms with Crippen LogP contribution < -0.4 is 4.84 Å². The molecule has 2 aromatic rings. The average molecular weight is 546 g/mol. The van der Waals surface area contributed by atoms with E-state index in [1.807, 2.05) is 0 Å². The average Bonchev–Trinajstić information content (AvgIpc) is 2.87.